The lowest BCUT2D eigenvalue weighted by atomic mass is 9.96. The molecule has 1 amide bonds. The van der Waals surface area contributed by atoms with E-state index in [0.29, 0.717) is 17.7 Å². The topological polar surface area (TPSA) is 81.7 Å². The average Bonchev–Trinajstić information content (AvgIpc) is 2.77. The molecule has 3 N–H and O–H groups in total. The maximum absolute atomic E-state index is 13.0. The van der Waals surface area contributed by atoms with Crippen molar-refractivity contribution in [1.82, 2.24) is 15.5 Å². The van der Waals surface area contributed by atoms with Gasteiger partial charge in [-0.3, -0.25) is 9.69 Å². The summed E-state index contributed by atoms with van der Waals surface area (Å²) in [6, 6.07) is 14.7. The summed E-state index contributed by atoms with van der Waals surface area (Å²) in [5, 5.41) is 15.5. The minimum absolute atomic E-state index is 0.351. The van der Waals surface area contributed by atoms with Crippen LogP contribution >= 0.6 is 11.8 Å². The van der Waals surface area contributed by atoms with E-state index in [1.807, 2.05) is 48.7 Å². The van der Waals surface area contributed by atoms with Crippen molar-refractivity contribution in [2.24, 2.45) is 0 Å². The molecule has 0 saturated carbocycles. The van der Waals surface area contributed by atoms with Gasteiger partial charge in [-0.15, -0.1) is 0 Å². The Bertz CT molecular complexity index is 854. The Morgan fingerprint density at radius 3 is 2.57 bits per heavy atom. The molecule has 2 aromatic carbocycles. The van der Waals surface area contributed by atoms with E-state index in [0.717, 1.165) is 49.4 Å². The van der Waals surface area contributed by atoms with Crippen molar-refractivity contribution in [2.45, 2.75) is 19.0 Å². The number of carbonyl (C=O) groups is 2. The van der Waals surface area contributed by atoms with Crippen LogP contribution < -0.4 is 10.6 Å². The third-order valence-corrected chi connectivity index (χ3v) is 5.89. The summed E-state index contributed by atoms with van der Waals surface area (Å²) in [7, 11) is 0. The fourth-order valence-electron chi connectivity index (χ4n) is 3.60. The molecule has 1 atom stereocenters. The zero-order valence-corrected chi connectivity index (χ0v) is 18.1. The SMILES string of the molecule is CSCC[C@H](NC(=O)c1ccc(CN2CCNCC2)cc1-c1ccccc1)C(=O)O. The maximum Gasteiger partial charge on any atom is 0.326 e. The van der Waals surface area contributed by atoms with E-state index in [-0.39, 0.29) is 5.91 Å². The van der Waals surface area contributed by atoms with E-state index in [4.69, 9.17) is 0 Å². The van der Waals surface area contributed by atoms with Crippen LogP contribution in [-0.2, 0) is 11.3 Å². The highest BCUT2D eigenvalue weighted by Crippen LogP contribution is 2.26. The van der Waals surface area contributed by atoms with Gasteiger partial charge >= 0.3 is 5.97 Å². The Hall–Kier alpha value is -2.35. The number of carboxylic acid groups (broad SMARTS) is 1. The molecular formula is C23H29N3O3S. The molecule has 0 radical (unpaired) electrons. The van der Waals surface area contributed by atoms with Gasteiger partial charge in [0.2, 0.25) is 0 Å². The third-order valence-electron chi connectivity index (χ3n) is 5.24. The summed E-state index contributed by atoms with van der Waals surface area (Å²) in [5.74, 6) is -0.683. The number of aliphatic carboxylic acids is 1. The Kier molecular flexibility index (Phi) is 8.30. The molecule has 6 nitrogen and oxygen atoms in total. The van der Waals surface area contributed by atoms with Gasteiger partial charge in [0.05, 0.1) is 0 Å². The van der Waals surface area contributed by atoms with Gasteiger partial charge in [0.25, 0.3) is 5.91 Å². The quantitative estimate of drug-likeness (QED) is 0.571. The number of carbonyl (C=O) groups excluding carboxylic acids is 1. The van der Waals surface area contributed by atoms with E-state index < -0.39 is 12.0 Å². The molecule has 0 unspecified atom stereocenters. The molecule has 30 heavy (non-hydrogen) atoms. The Morgan fingerprint density at radius 2 is 1.90 bits per heavy atom. The number of amides is 1. The molecule has 7 heteroatoms. The first-order valence-electron chi connectivity index (χ1n) is 10.2. The van der Waals surface area contributed by atoms with Crippen LogP contribution in [0.4, 0.5) is 0 Å². The number of nitrogens with one attached hydrogen (secondary N) is 2. The van der Waals surface area contributed by atoms with Crippen molar-refractivity contribution in [2.75, 3.05) is 38.2 Å². The predicted molar refractivity (Wildman–Crippen MR) is 122 cm³/mol. The van der Waals surface area contributed by atoms with Gasteiger partial charge in [-0.05, 0) is 47.3 Å². The number of hydrogen-bond acceptors (Lipinski definition) is 5. The van der Waals surface area contributed by atoms with Gasteiger partial charge in [-0.1, -0.05) is 36.4 Å². The van der Waals surface area contributed by atoms with Crippen molar-refractivity contribution in [3.05, 3.63) is 59.7 Å². The monoisotopic (exact) mass is 427 g/mol. The van der Waals surface area contributed by atoms with Crippen molar-refractivity contribution >= 4 is 23.6 Å². The van der Waals surface area contributed by atoms with Crippen LogP contribution in [0.3, 0.4) is 0 Å². The molecule has 1 aliphatic rings. The summed E-state index contributed by atoms with van der Waals surface area (Å²) < 4.78 is 0. The van der Waals surface area contributed by atoms with Gasteiger partial charge < -0.3 is 15.7 Å². The molecule has 1 fully saturated rings. The largest absolute Gasteiger partial charge is 0.480 e. The van der Waals surface area contributed by atoms with Crippen molar-refractivity contribution < 1.29 is 14.7 Å². The maximum atomic E-state index is 13.0. The predicted octanol–water partition coefficient (Wildman–Crippen LogP) is 2.69. The second kappa shape index (κ2) is 11.2. The van der Waals surface area contributed by atoms with Crippen LogP contribution in [0.25, 0.3) is 11.1 Å². The summed E-state index contributed by atoms with van der Waals surface area (Å²) in [6.07, 6.45) is 2.31. The second-order valence-corrected chi connectivity index (χ2v) is 8.40. The first-order chi connectivity index (χ1) is 14.6. The minimum atomic E-state index is -1.01. The smallest absolute Gasteiger partial charge is 0.326 e. The van der Waals surface area contributed by atoms with E-state index in [2.05, 4.69) is 21.6 Å². The minimum Gasteiger partial charge on any atom is -0.480 e. The number of benzene rings is 2. The summed E-state index contributed by atoms with van der Waals surface area (Å²) in [5.41, 5.74) is 3.42. The molecule has 160 valence electrons. The number of thioether (sulfide) groups is 1. The normalized spacial score (nSPS) is 15.5. The Labute approximate surface area is 182 Å². The van der Waals surface area contributed by atoms with E-state index in [1.165, 1.54) is 0 Å². The van der Waals surface area contributed by atoms with Crippen LogP contribution in [-0.4, -0.2) is 66.1 Å². The van der Waals surface area contributed by atoms with E-state index in [9.17, 15) is 14.7 Å². The van der Waals surface area contributed by atoms with Crippen LogP contribution in [0.15, 0.2) is 48.5 Å². The molecule has 1 heterocycles. The second-order valence-electron chi connectivity index (χ2n) is 7.42. The van der Waals surface area contributed by atoms with Crippen LogP contribution in [0.1, 0.15) is 22.3 Å². The van der Waals surface area contributed by atoms with Crippen molar-refractivity contribution in [1.29, 1.82) is 0 Å². The first-order valence-corrected chi connectivity index (χ1v) is 11.6. The zero-order valence-electron chi connectivity index (χ0n) is 17.3. The molecule has 2 aromatic rings. The Morgan fingerprint density at radius 1 is 1.17 bits per heavy atom. The molecule has 0 spiro atoms. The number of piperazine rings is 1. The number of carboxylic acids is 1. The Balaban J connectivity index is 1.86. The van der Waals surface area contributed by atoms with E-state index >= 15 is 0 Å². The number of hydrogen-bond donors (Lipinski definition) is 3. The van der Waals surface area contributed by atoms with E-state index in [1.54, 1.807) is 11.8 Å². The van der Waals surface area contributed by atoms with Crippen LogP contribution in [0.5, 0.6) is 0 Å². The number of nitrogens with zero attached hydrogens (tertiary/aromatic N) is 1. The van der Waals surface area contributed by atoms with Gasteiger partial charge in [0, 0.05) is 38.3 Å². The van der Waals surface area contributed by atoms with Crippen LogP contribution in [0.2, 0.25) is 0 Å². The number of rotatable bonds is 9. The summed E-state index contributed by atoms with van der Waals surface area (Å²) >= 11 is 1.56. The lowest BCUT2D eigenvalue weighted by Crippen LogP contribution is -2.43. The van der Waals surface area contributed by atoms with Gasteiger partial charge in [-0.2, -0.15) is 11.8 Å². The van der Waals surface area contributed by atoms with Gasteiger partial charge in [-0.25, -0.2) is 4.79 Å². The molecule has 0 aromatic heterocycles. The standard InChI is InChI=1S/C23H29N3O3S/c1-30-14-9-21(23(28)29)25-22(27)19-8-7-17(16-26-12-10-24-11-13-26)15-20(19)18-5-3-2-4-6-18/h2-8,15,21,24H,9-14,16H2,1H3,(H,25,27)(H,28,29)/t21-/m0/s1. The highest BCUT2D eigenvalue weighted by Gasteiger charge is 2.22. The van der Waals surface area contributed by atoms with Gasteiger partial charge in [0.15, 0.2) is 0 Å². The lowest BCUT2D eigenvalue weighted by Gasteiger charge is -2.27. The first kappa shape index (κ1) is 22.3. The molecular weight excluding hydrogens is 398 g/mol. The summed E-state index contributed by atoms with van der Waals surface area (Å²) in [4.78, 5) is 27.0. The summed E-state index contributed by atoms with van der Waals surface area (Å²) in [6.45, 7) is 4.80. The van der Waals surface area contributed by atoms with Gasteiger partial charge in [0.1, 0.15) is 6.04 Å². The molecule has 0 aliphatic carbocycles. The molecule has 1 saturated heterocycles. The molecule has 0 bridgehead atoms. The molecule has 3 rings (SSSR count). The van der Waals surface area contributed by atoms with Crippen molar-refractivity contribution in [3.63, 3.8) is 0 Å². The highest BCUT2D eigenvalue weighted by atomic mass is 32.2. The molecule has 1 aliphatic heterocycles. The fourth-order valence-corrected chi connectivity index (χ4v) is 4.07. The fraction of sp³-hybridized carbons (Fsp3) is 0.391. The lowest BCUT2D eigenvalue weighted by molar-refractivity contribution is -0.139. The average molecular weight is 428 g/mol. The highest BCUT2D eigenvalue weighted by molar-refractivity contribution is 7.98. The van der Waals surface area contributed by atoms with Crippen molar-refractivity contribution in [3.8, 4) is 11.1 Å². The van der Waals surface area contributed by atoms with Crippen LogP contribution in [0, 0.1) is 0 Å². The zero-order chi connectivity index (χ0) is 21.3. The third kappa shape index (κ3) is 6.08.